The Kier molecular flexibility index (Phi) is 5.86. The highest BCUT2D eigenvalue weighted by molar-refractivity contribution is 7.92. The van der Waals surface area contributed by atoms with Crippen molar-refractivity contribution >= 4 is 48.8 Å². The van der Waals surface area contributed by atoms with Gasteiger partial charge in [0.25, 0.3) is 10.0 Å². The van der Waals surface area contributed by atoms with Crippen molar-refractivity contribution in [2.24, 2.45) is 16.0 Å². The molecule has 1 aliphatic carbocycles. The lowest BCUT2D eigenvalue weighted by Gasteiger charge is -2.38. The number of nitrogens with one attached hydrogen (secondary N) is 2. The van der Waals surface area contributed by atoms with Gasteiger partial charge < -0.3 is 11.1 Å². The molecule has 0 aromatic heterocycles. The second-order valence-electron chi connectivity index (χ2n) is 8.44. The summed E-state index contributed by atoms with van der Waals surface area (Å²) in [5, 5.41) is 2.79. The van der Waals surface area contributed by atoms with E-state index in [9.17, 15) is 26.4 Å². The van der Waals surface area contributed by atoms with Crippen molar-refractivity contribution in [3.8, 4) is 0 Å². The number of nitrogens with two attached hydrogens (primary N) is 1. The maximum absolute atomic E-state index is 13.6. The average molecular weight is 505 g/mol. The number of amidine groups is 1. The first-order chi connectivity index (χ1) is 15.9. The molecule has 0 spiro atoms. The van der Waals surface area contributed by atoms with E-state index in [0.29, 0.717) is 18.4 Å². The molecule has 2 unspecified atom stereocenters. The number of fused-ring (bicyclic) bond motifs is 2. The number of unbranched alkanes of at least 4 members (excludes halogenated alkanes) is 1. The van der Waals surface area contributed by atoms with E-state index < -0.39 is 43.1 Å². The number of rotatable bonds is 6. The number of Topliss-reactive ketones (excluding diaryl/α,β-unsaturated/α-hetero) is 2. The van der Waals surface area contributed by atoms with Gasteiger partial charge in [-0.1, -0.05) is 44.0 Å². The van der Waals surface area contributed by atoms with E-state index in [1.54, 1.807) is 24.3 Å². The van der Waals surface area contributed by atoms with Gasteiger partial charge in [0, 0.05) is 11.3 Å². The molecule has 2 atom stereocenters. The lowest BCUT2D eigenvalue weighted by atomic mass is 9.68. The molecule has 2 aromatic carbocycles. The molecule has 0 fully saturated rings. The number of ketones is 2. The van der Waals surface area contributed by atoms with Crippen LogP contribution < -0.4 is 15.8 Å². The normalized spacial score (nSPS) is 23.4. The number of nitrogens with zero attached hydrogens (tertiary/aromatic N) is 1. The second kappa shape index (κ2) is 8.29. The highest BCUT2D eigenvalue weighted by Crippen LogP contribution is 2.40. The molecule has 0 bridgehead atoms. The number of sulfonamides is 2. The molecule has 34 heavy (non-hydrogen) atoms. The zero-order chi connectivity index (χ0) is 24.9. The predicted molar refractivity (Wildman–Crippen MR) is 128 cm³/mol. The van der Waals surface area contributed by atoms with Crippen LogP contribution in [0.4, 0.5) is 11.4 Å². The molecule has 2 aromatic rings. The third-order valence-electron chi connectivity index (χ3n) is 5.88. The highest BCUT2D eigenvalue weighted by atomic mass is 32.2. The Morgan fingerprint density at radius 2 is 1.88 bits per heavy atom. The van der Waals surface area contributed by atoms with Crippen molar-refractivity contribution < 1.29 is 26.4 Å². The molecule has 4 N–H and O–H groups in total. The van der Waals surface area contributed by atoms with Crippen molar-refractivity contribution in [1.82, 2.24) is 0 Å². The largest absolute Gasteiger partial charge is 0.341 e. The van der Waals surface area contributed by atoms with Gasteiger partial charge in [-0.25, -0.2) is 8.42 Å². The Morgan fingerprint density at radius 3 is 2.56 bits per heavy atom. The van der Waals surface area contributed by atoms with Gasteiger partial charge in [0.15, 0.2) is 11.6 Å². The molecule has 4 rings (SSSR count). The highest BCUT2D eigenvalue weighted by Gasteiger charge is 2.52. The molecular weight excluding hydrogens is 480 g/mol. The van der Waals surface area contributed by atoms with Crippen molar-refractivity contribution in [3.05, 3.63) is 53.6 Å². The number of anilines is 2. The fourth-order valence-electron chi connectivity index (χ4n) is 4.29. The van der Waals surface area contributed by atoms with Crippen molar-refractivity contribution in [2.45, 2.75) is 36.6 Å². The molecule has 12 heteroatoms. The van der Waals surface area contributed by atoms with Crippen LogP contribution >= 0.6 is 0 Å². The van der Waals surface area contributed by atoms with Crippen LogP contribution in [0.1, 0.15) is 42.1 Å². The van der Waals surface area contributed by atoms with Gasteiger partial charge in [0.1, 0.15) is 22.2 Å². The third-order valence-corrected chi connectivity index (χ3v) is 7.82. The topological polar surface area (TPSA) is 165 Å². The molecule has 2 aliphatic rings. The molecule has 1 heterocycles. The Labute approximate surface area is 197 Å². The number of hydrogen-bond donors (Lipinski definition) is 3. The summed E-state index contributed by atoms with van der Waals surface area (Å²) in [5.41, 5.74) is 5.91. The van der Waals surface area contributed by atoms with Crippen molar-refractivity contribution in [3.63, 3.8) is 0 Å². The first-order valence-corrected chi connectivity index (χ1v) is 13.9. The fourth-order valence-corrected chi connectivity index (χ4v) is 6.03. The number of hydrogen-bond acceptors (Lipinski definition) is 8. The molecule has 0 saturated heterocycles. The molecule has 0 radical (unpaired) electrons. The molecule has 10 nitrogen and oxygen atoms in total. The maximum Gasteiger partial charge on any atom is 0.286 e. The lowest BCUT2D eigenvalue weighted by molar-refractivity contribution is -0.126. The standard InChI is InChI=1S/C22H24N4O6S2/c1-3-4-11-22(23)15-8-6-5-7-14(15)19(27)18(20(22)28)21-24-16-10-9-13(25-33(2,29)30)12-17(16)34(31,32)26-21/h5-10,12,18,25H,3-4,11,23H2,1-2H3,(H,24,26). The second-order valence-corrected chi connectivity index (χ2v) is 11.8. The van der Waals surface area contributed by atoms with Crippen LogP contribution in [0.2, 0.25) is 0 Å². The van der Waals surface area contributed by atoms with Crippen LogP contribution in [-0.4, -0.2) is 40.5 Å². The van der Waals surface area contributed by atoms with E-state index in [-0.39, 0.29) is 27.7 Å². The van der Waals surface area contributed by atoms with E-state index in [2.05, 4.69) is 14.4 Å². The van der Waals surface area contributed by atoms with Gasteiger partial charge >= 0.3 is 0 Å². The Hall–Kier alpha value is -3.09. The molecule has 1 aliphatic heterocycles. The van der Waals surface area contributed by atoms with E-state index in [1.165, 1.54) is 12.1 Å². The van der Waals surface area contributed by atoms with E-state index in [4.69, 9.17) is 5.73 Å². The Balaban J connectivity index is 1.80. The predicted octanol–water partition coefficient (Wildman–Crippen LogP) is 2.00. The van der Waals surface area contributed by atoms with Gasteiger partial charge in [-0.05, 0) is 30.2 Å². The number of carbonyl (C=O) groups is 2. The monoisotopic (exact) mass is 504 g/mol. The quantitative estimate of drug-likeness (QED) is 0.503. The van der Waals surface area contributed by atoms with Gasteiger partial charge in [-0.3, -0.25) is 14.3 Å². The van der Waals surface area contributed by atoms with Crippen LogP contribution in [0, 0.1) is 5.92 Å². The summed E-state index contributed by atoms with van der Waals surface area (Å²) in [6.07, 6.45) is 2.64. The summed E-state index contributed by atoms with van der Waals surface area (Å²) in [6.45, 7) is 1.95. The molecule has 0 amide bonds. The van der Waals surface area contributed by atoms with Gasteiger partial charge in [-0.15, -0.1) is 4.40 Å². The zero-order valence-electron chi connectivity index (χ0n) is 18.5. The van der Waals surface area contributed by atoms with Crippen LogP contribution in [0.5, 0.6) is 0 Å². The Bertz CT molecular complexity index is 1450. The summed E-state index contributed by atoms with van der Waals surface area (Å²) in [5.74, 6) is -3.05. The van der Waals surface area contributed by atoms with Gasteiger partial charge in [0.2, 0.25) is 10.0 Å². The third kappa shape index (κ3) is 4.12. The maximum atomic E-state index is 13.6. The minimum Gasteiger partial charge on any atom is -0.341 e. The van der Waals surface area contributed by atoms with Crippen LogP contribution in [-0.2, 0) is 30.4 Å². The summed E-state index contributed by atoms with van der Waals surface area (Å²) in [7, 11) is -7.99. The minimum absolute atomic E-state index is 0.0320. The average Bonchev–Trinajstić information content (AvgIpc) is 2.76. The smallest absolute Gasteiger partial charge is 0.286 e. The van der Waals surface area contributed by atoms with Gasteiger partial charge in [0.05, 0.1) is 11.9 Å². The Morgan fingerprint density at radius 1 is 1.18 bits per heavy atom. The molecule has 0 saturated carbocycles. The lowest BCUT2D eigenvalue weighted by Crippen LogP contribution is -2.57. The van der Waals surface area contributed by atoms with Gasteiger partial charge in [-0.2, -0.15) is 8.42 Å². The summed E-state index contributed by atoms with van der Waals surface area (Å²) < 4.78 is 54.9. The molecular formula is C22H24N4O6S2. The van der Waals surface area contributed by atoms with Crippen molar-refractivity contribution in [2.75, 3.05) is 16.3 Å². The summed E-state index contributed by atoms with van der Waals surface area (Å²) in [6, 6.07) is 10.4. The molecule has 180 valence electrons. The van der Waals surface area contributed by atoms with E-state index in [1.807, 2.05) is 6.92 Å². The SMILES string of the molecule is CCCCC1(N)C(=O)C(C2=NS(=O)(=O)c3cc(NS(C)(=O)=O)ccc3N2)C(=O)c2ccccc21. The fraction of sp³-hybridized carbons (Fsp3) is 0.318. The minimum atomic E-state index is -4.35. The summed E-state index contributed by atoms with van der Waals surface area (Å²) in [4.78, 5) is 26.7. The van der Waals surface area contributed by atoms with Crippen LogP contribution in [0.25, 0.3) is 0 Å². The van der Waals surface area contributed by atoms with E-state index >= 15 is 0 Å². The van der Waals surface area contributed by atoms with Crippen LogP contribution in [0.3, 0.4) is 0 Å². The summed E-state index contributed by atoms with van der Waals surface area (Å²) >= 11 is 0. The number of carbonyl (C=O) groups excluding carboxylic acids is 2. The number of benzene rings is 2. The zero-order valence-corrected chi connectivity index (χ0v) is 20.2. The first-order valence-electron chi connectivity index (χ1n) is 10.6. The van der Waals surface area contributed by atoms with Crippen molar-refractivity contribution in [1.29, 1.82) is 0 Å². The van der Waals surface area contributed by atoms with Crippen LogP contribution in [0.15, 0.2) is 51.8 Å². The first kappa shape index (κ1) is 24.0. The van der Waals surface area contributed by atoms with E-state index in [0.717, 1.165) is 18.7 Å².